The number of carbonyl (C=O) groups is 2. The first-order chi connectivity index (χ1) is 9.90. The van der Waals surface area contributed by atoms with Gasteiger partial charge in [-0.2, -0.15) is 0 Å². The van der Waals surface area contributed by atoms with E-state index in [-0.39, 0.29) is 23.1 Å². The molecule has 0 heterocycles. The van der Waals surface area contributed by atoms with Crippen LogP contribution in [0.15, 0.2) is 36.4 Å². The lowest BCUT2D eigenvalue weighted by atomic mass is 9.93. The minimum atomic E-state index is -0.993. The van der Waals surface area contributed by atoms with E-state index in [9.17, 15) is 18.4 Å². The topological polar surface area (TPSA) is 86.2 Å². The van der Waals surface area contributed by atoms with Gasteiger partial charge in [-0.1, -0.05) is 12.1 Å². The van der Waals surface area contributed by atoms with Gasteiger partial charge in [0, 0.05) is 5.56 Å². The summed E-state index contributed by atoms with van der Waals surface area (Å²) in [4.78, 5) is 22.9. The van der Waals surface area contributed by atoms with Crippen LogP contribution < -0.4 is 11.5 Å². The van der Waals surface area contributed by atoms with Crippen molar-refractivity contribution >= 4 is 11.8 Å². The molecule has 2 rings (SSSR count). The zero-order valence-electron chi connectivity index (χ0n) is 10.9. The standard InChI is InChI=1S/C15H12F2N2O2/c16-9-3-1-8(2-4-9)7-11-10(14(18)20)5-6-12(17)13(11)15(19)21/h1-6H,7H2,(H2,18,20)(H2,19,21). The van der Waals surface area contributed by atoms with Crippen LogP contribution in [0.3, 0.4) is 0 Å². The van der Waals surface area contributed by atoms with E-state index in [2.05, 4.69) is 0 Å². The zero-order valence-corrected chi connectivity index (χ0v) is 10.9. The lowest BCUT2D eigenvalue weighted by Crippen LogP contribution is -2.21. The van der Waals surface area contributed by atoms with Gasteiger partial charge in [0.2, 0.25) is 5.91 Å². The van der Waals surface area contributed by atoms with Crippen LogP contribution in [0.2, 0.25) is 0 Å². The second-order valence-electron chi connectivity index (χ2n) is 4.48. The number of carbonyl (C=O) groups excluding carboxylic acids is 2. The Balaban J connectivity index is 2.58. The summed E-state index contributed by atoms with van der Waals surface area (Å²) in [6, 6.07) is 7.55. The van der Waals surface area contributed by atoms with Crippen molar-refractivity contribution in [3.05, 3.63) is 70.3 Å². The summed E-state index contributed by atoms with van der Waals surface area (Å²) in [5.74, 6) is -3.05. The summed E-state index contributed by atoms with van der Waals surface area (Å²) >= 11 is 0. The first-order valence-corrected chi connectivity index (χ1v) is 6.05. The third-order valence-corrected chi connectivity index (χ3v) is 3.07. The van der Waals surface area contributed by atoms with Crippen molar-refractivity contribution in [2.75, 3.05) is 0 Å². The van der Waals surface area contributed by atoms with Crippen molar-refractivity contribution in [1.82, 2.24) is 0 Å². The molecule has 4 nitrogen and oxygen atoms in total. The second kappa shape index (κ2) is 5.70. The molecule has 21 heavy (non-hydrogen) atoms. The van der Waals surface area contributed by atoms with E-state index < -0.39 is 23.4 Å². The van der Waals surface area contributed by atoms with Crippen LogP contribution in [-0.2, 0) is 6.42 Å². The molecule has 2 aromatic rings. The molecule has 2 amide bonds. The second-order valence-corrected chi connectivity index (χ2v) is 4.48. The van der Waals surface area contributed by atoms with E-state index in [0.717, 1.165) is 6.07 Å². The molecule has 2 aromatic carbocycles. The van der Waals surface area contributed by atoms with Crippen LogP contribution in [0, 0.1) is 11.6 Å². The number of amides is 2. The van der Waals surface area contributed by atoms with Gasteiger partial charge in [0.15, 0.2) is 0 Å². The predicted octanol–water partition coefficient (Wildman–Crippen LogP) is 1.75. The van der Waals surface area contributed by atoms with E-state index in [0.29, 0.717) is 5.56 Å². The molecule has 6 heteroatoms. The lowest BCUT2D eigenvalue weighted by molar-refractivity contribution is 0.0995. The Hall–Kier alpha value is -2.76. The van der Waals surface area contributed by atoms with Crippen molar-refractivity contribution in [2.24, 2.45) is 11.5 Å². The van der Waals surface area contributed by atoms with E-state index in [1.807, 2.05) is 0 Å². The normalized spacial score (nSPS) is 10.4. The molecule has 0 unspecified atom stereocenters. The molecular weight excluding hydrogens is 278 g/mol. The number of primary amides is 2. The quantitative estimate of drug-likeness (QED) is 0.898. The van der Waals surface area contributed by atoms with Crippen LogP contribution in [0.5, 0.6) is 0 Å². The van der Waals surface area contributed by atoms with Gasteiger partial charge in [0.05, 0.1) is 5.56 Å². The monoisotopic (exact) mass is 290 g/mol. The Morgan fingerprint density at radius 2 is 1.52 bits per heavy atom. The van der Waals surface area contributed by atoms with Gasteiger partial charge in [-0.15, -0.1) is 0 Å². The minimum absolute atomic E-state index is 0.00882. The third-order valence-electron chi connectivity index (χ3n) is 3.07. The molecule has 0 radical (unpaired) electrons. The SMILES string of the molecule is NC(=O)c1ccc(F)c(C(N)=O)c1Cc1ccc(F)cc1. The van der Waals surface area contributed by atoms with Crippen LogP contribution in [0.1, 0.15) is 31.8 Å². The first kappa shape index (κ1) is 14.6. The Bertz CT molecular complexity index is 712. The Morgan fingerprint density at radius 1 is 0.905 bits per heavy atom. The van der Waals surface area contributed by atoms with E-state index in [4.69, 9.17) is 11.5 Å². The molecule has 108 valence electrons. The van der Waals surface area contributed by atoms with Crippen molar-refractivity contribution < 1.29 is 18.4 Å². The average Bonchev–Trinajstić information content (AvgIpc) is 2.40. The van der Waals surface area contributed by atoms with Gasteiger partial charge < -0.3 is 11.5 Å². The molecule has 0 aliphatic carbocycles. The number of nitrogens with two attached hydrogens (primary N) is 2. The highest BCUT2D eigenvalue weighted by Crippen LogP contribution is 2.22. The van der Waals surface area contributed by atoms with Crippen LogP contribution in [0.25, 0.3) is 0 Å². The van der Waals surface area contributed by atoms with Crippen molar-refractivity contribution in [3.8, 4) is 0 Å². The Kier molecular flexibility index (Phi) is 3.98. The van der Waals surface area contributed by atoms with Crippen LogP contribution in [-0.4, -0.2) is 11.8 Å². The lowest BCUT2D eigenvalue weighted by Gasteiger charge is -2.12. The maximum Gasteiger partial charge on any atom is 0.251 e. The van der Waals surface area contributed by atoms with Crippen LogP contribution in [0.4, 0.5) is 8.78 Å². The predicted molar refractivity (Wildman–Crippen MR) is 72.6 cm³/mol. The average molecular weight is 290 g/mol. The molecule has 0 aliphatic heterocycles. The minimum Gasteiger partial charge on any atom is -0.366 e. The molecule has 0 fully saturated rings. The molecule has 0 spiro atoms. The van der Waals surface area contributed by atoms with E-state index in [1.165, 1.54) is 30.3 Å². The molecule has 0 saturated carbocycles. The first-order valence-electron chi connectivity index (χ1n) is 6.05. The van der Waals surface area contributed by atoms with Crippen molar-refractivity contribution in [3.63, 3.8) is 0 Å². The van der Waals surface area contributed by atoms with E-state index >= 15 is 0 Å². The van der Waals surface area contributed by atoms with Crippen molar-refractivity contribution in [2.45, 2.75) is 6.42 Å². The highest BCUT2D eigenvalue weighted by molar-refractivity contribution is 6.01. The number of hydrogen-bond acceptors (Lipinski definition) is 2. The van der Waals surface area contributed by atoms with Crippen LogP contribution >= 0.6 is 0 Å². The van der Waals surface area contributed by atoms with Gasteiger partial charge in [-0.25, -0.2) is 8.78 Å². The fourth-order valence-electron chi connectivity index (χ4n) is 2.11. The van der Waals surface area contributed by atoms with Gasteiger partial charge in [0.25, 0.3) is 5.91 Å². The highest BCUT2D eigenvalue weighted by Gasteiger charge is 2.20. The summed E-state index contributed by atoms with van der Waals surface area (Å²) in [7, 11) is 0. The third kappa shape index (κ3) is 3.05. The summed E-state index contributed by atoms with van der Waals surface area (Å²) < 4.78 is 26.7. The summed E-state index contributed by atoms with van der Waals surface area (Å²) in [6.07, 6.45) is 0.0363. The molecule has 0 aromatic heterocycles. The van der Waals surface area contributed by atoms with Crippen molar-refractivity contribution in [1.29, 1.82) is 0 Å². The molecular formula is C15H12F2N2O2. The Labute approximate surface area is 119 Å². The maximum atomic E-state index is 13.8. The molecule has 0 saturated heterocycles. The molecule has 0 atom stereocenters. The fourth-order valence-corrected chi connectivity index (χ4v) is 2.11. The highest BCUT2D eigenvalue weighted by atomic mass is 19.1. The van der Waals surface area contributed by atoms with E-state index in [1.54, 1.807) is 0 Å². The van der Waals surface area contributed by atoms with Gasteiger partial charge >= 0.3 is 0 Å². The molecule has 4 N–H and O–H groups in total. The van der Waals surface area contributed by atoms with Gasteiger partial charge in [-0.3, -0.25) is 9.59 Å². The smallest absolute Gasteiger partial charge is 0.251 e. The zero-order chi connectivity index (χ0) is 15.6. The summed E-state index contributed by atoms with van der Waals surface area (Å²) in [5, 5.41) is 0. The maximum absolute atomic E-state index is 13.8. The fraction of sp³-hybridized carbons (Fsp3) is 0.0667. The molecule has 0 bridgehead atoms. The van der Waals surface area contributed by atoms with Gasteiger partial charge in [0.1, 0.15) is 11.6 Å². The summed E-state index contributed by atoms with van der Waals surface area (Å²) in [5.41, 5.74) is 10.7. The number of rotatable bonds is 4. The van der Waals surface area contributed by atoms with Gasteiger partial charge in [-0.05, 0) is 41.8 Å². The summed E-state index contributed by atoms with van der Waals surface area (Å²) in [6.45, 7) is 0. The molecule has 0 aliphatic rings. The number of hydrogen-bond donors (Lipinski definition) is 2. The Morgan fingerprint density at radius 3 is 2.05 bits per heavy atom. The number of benzene rings is 2. The number of halogens is 2. The largest absolute Gasteiger partial charge is 0.366 e.